The summed E-state index contributed by atoms with van der Waals surface area (Å²) in [6, 6.07) is 0. The van der Waals surface area contributed by atoms with Gasteiger partial charge < -0.3 is 14.2 Å². The van der Waals surface area contributed by atoms with Gasteiger partial charge in [0, 0.05) is 45.5 Å². The second-order valence-corrected chi connectivity index (χ2v) is 6.24. The van der Waals surface area contributed by atoms with Gasteiger partial charge in [-0.3, -0.25) is 14.4 Å². The molecule has 167 valence electrons. The van der Waals surface area contributed by atoms with E-state index in [1.807, 2.05) is 0 Å². The molecule has 0 bridgehead atoms. The molecule has 6 nitrogen and oxygen atoms in total. The van der Waals surface area contributed by atoms with Crippen LogP contribution >= 0.6 is 37.9 Å². The molecule has 0 spiro atoms. The van der Waals surface area contributed by atoms with Crippen LogP contribution in [-0.2, 0) is 28.6 Å². The minimum atomic E-state index is -0.119. The normalized spacial score (nSPS) is 8.79. The number of hydrogen-bond donors (Lipinski definition) is 3. The van der Waals surface area contributed by atoms with Gasteiger partial charge in [0.2, 0.25) is 0 Å². The summed E-state index contributed by atoms with van der Waals surface area (Å²) in [5.41, 5.74) is 0. The standard InChI is InChI=1S/3C6H12O2S.Bi/c3*1-2-8-6(7)4-3-5-9;/h3*9H,2-5H2,1H3;. The van der Waals surface area contributed by atoms with Gasteiger partial charge in [-0.15, -0.1) is 0 Å². The predicted molar refractivity (Wildman–Crippen MR) is 125 cm³/mol. The number of rotatable bonds is 12. The van der Waals surface area contributed by atoms with Crippen LogP contribution in [0.25, 0.3) is 0 Å². The monoisotopic (exact) mass is 653 g/mol. The number of carbonyl (C=O) groups is 3. The Bertz CT molecular complexity index is 308. The van der Waals surface area contributed by atoms with Crippen molar-refractivity contribution in [1.82, 2.24) is 0 Å². The first-order valence-corrected chi connectivity index (χ1v) is 11.1. The third-order valence-corrected chi connectivity index (χ3v) is 3.48. The van der Waals surface area contributed by atoms with E-state index in [-0.39, 0.29) is 44.1 Å². The molecule has 0 saturated heterocycles. The molecule has 3 radical (unpaired) electrons. The largest absolute Gasteiger partial charge is 0.466 e. The zero-order valence-corrected chi connectivity index (χ0v) is 23.4. The van der Waals surface area contributed by atoms with E-state index in [2.05, 4.69) is 52.1 Å². The van der Waals surface area contributed by atoms with Crippen molar-refractivity contribution in [3.8, 4) is 0 Å². The molecule has 0 N–H and O–H groups in total. The zero-order chi connectivity index (χ0) is 21.3. The van der Waals surface area contributed by atoms with Gasteiger partial charge in [0.05, 0.1) is 19.8 Å². The minimum Gasteiger partial charge on any atom is -0.466 e. The topological polar surface area (TPSA) is 78.9 Å². The quantitative estimate of drug-likeness (QED) is 0.130. The van der Waals surface area contributed by atoms with E-state index in [9.17, 15) is 14.4 Å². The third-order valence-electron chi connectivity index (χ3n) is 2.53. The van der Waals surface area contributed by atoms with E-state index < -0.39 is 0 Å². The van der Waals surface area contributed by atoms with Crippen molar-refractivity contribution in [1.29, 1.82) is 0 Å². The number of ether oxygens (including phenoxy) is 3. The second-order valence-electron chi connectivity index (χ2n) is 4.90. The molecular formula is C18H36BiO6S3. The van der Waals surface area contributed by atoms with Crippen molar-refractivity contribution in [3.63, 3.8) is 0 Å². The maximum absolute atomic E-state index is 10.5. The van der Waals surface area contributed by atoms with Crippen LogP contribution in [0.2, 0.25) is 0 Å². The second kappa shape index (κ2) is 32.0. The van der Waals surface area contributed by atoms with E-state index in [0.29, 0.717) is 39.1 Å². The maximum atomic E-state index is 10.5. The van der Waals surface area contributed by atoms with Gasteiger partial charge in [-0.1, -0.05) is 0 Å². The van der Waals surface area contributed by atoms with Gasteiger partial charge in [0.1, 0.15) is 0 Å². The van der Waals surface area contributed by atoms with Crippen molar-refractivity contribution in [2.75, 3.05) is 37.1 Å². The van der Waals surface area contributed by atoms with Gasteiger partial charge in [0.15, 0.2) is 0 Å². The molecule has 10 heteroatoms. The first-order valence-electron chi connectivity index (χ1n) is 9.22. The van der Waals surface area contributed by atoms with Crippen LogP contribution in [0.4, 0.5) is 0 Å². The molecular weight excluding hydrogens is 617 g/mol. The molecule has 0 atom stereocenters. The van der Waals surface area contributed by atoms with E-state index in [0.717, 1.165) is 36.5 Å². The van der Waals surface area contributed by atoms with Crippen LogP contribution in [0, 0.1) is 0 Å². The summed E-state index contributed by atoms with van der Waals surface area (Å²) in [5.74, 6) is 1.89. The van der Waals surface area contributed by atoms with Crippen molar-refractivity contribution < 1.29 is 28.6 Å². The summed E-state index contributed by atoms with van der Waals surface area (Å²) in [5, 5.41) is 0. The van der Waals surface area contributed by atoms with Crippen LogP contribution in [0.3, 0.4) is 0 Å². The number of esters is 3. The summed E-state index contributed by atoms with van der Waals surface area (Å²) < 4.78 is 14.0. The van der Waals surface area contributed by atoms with Crippen LogP contribution in [0.5, 0.6) is 0 Å². The molecule has 0 unspecified atom stereocenters. The van der Waals surface area contributed by atoms with E-state index >= 15 is 0 Å². The van der Waals surface area contributed by atoms with Crippen LogP contribution < -0.4 is 0 Å². The Morgan fingerprint density at radius 2 is 0.786 bits per heavy atom. The Balaban J connectivity index is -0.000000152. The van der Waals surface area contributed by atoms with Gasteiger partial charge in [-0.25, -0.2) is 0 Å². The van der Waals surface area contributed by atoms with Crippen LogP contribution in [0.1, 0.15) is 59.3 Å². The SMILES string of the molecule is CCOC(=O)CCCS.CCOC(=O)CCCS.CCOC(=O)CCCS.[Bi]. The van der Waals surface area contributed by atoms with Gasteiger partial charge in [-0.05, 0) is 57.3 Å². The summed E-state index contributed by atoms with van der Waals surface area (Å²) in [6.07, 6.45) is 3.91. The number of hydrogen-bond acceptors (Lipinski definition) is 9. The fraction of sp³-hybridized carbons (Fsp3) is 0.833. The summed E-state index contributed by atoms with van der Waals surface area (Å²) in [7, 11) is 0. The van der Waals surface area contributed by atoms with E-state index in [1.165, 1.54) is 0 Å². The Morgan fingerprint density at radius 3 is 0.929 bits per heavy atom. The Kier molecular flexibility index (Phi) is 40.9. The smallest absolute Gasteiger partial charge is 0.305 e. The molecule has 0 saturated carbocycles. The molecule has 28 heavy (non-hydrogen) atoms. The average molecular weight is 654 g/mol. The number of thiol groups is 3. The summed E-state index contributed by atoms with van der Waals surface area (Å²) in [6.45, 7) is 6.85. The Hall–Kier alpha value is 0.343. The van der Waals surface area contributed by atoms with Gasteiger partial charge in [-0.2, -0.15) is 37.9 Å². The van der Waals surface area contributed by atoms with Gasteiger partial charge in [0.25, 0.3) is 0 Å². The Morgan fingerprint density at radius 1 is 0.571 bits per heavy atom. The average Bonchev–Trinajstić information content (AvgIpc) is 2.65. The molecule has 0 aliphatic carbocycles. The van der Waals surface area contributed by atoms with Crippen molar-refractivity contribution in [2.24, 2.45) is 0 Å². The van der Waals surface area contributed by atoms with Crippen LogP contribution in [-0.4, -0.2) is 81.2 Å². The molecule has 0 aliphatic heterocycles. The molecule has 0 fully saturated rings. The van der Waals surface area contributed by atoms with Crippen molar-refractivity contribution >= 4 is 82.0 Å². The third kappa shape index (κ3) is 37.1. The van der Waals surface area contributed by atoms with Crippen molar-refractivity contribution in [3.05, 3.63) is 0 Å². The fourth-order valence-corrected chi connectivity index (χ4v) is 1.84. The molecule has 0 heterocycles. The molecule has 0 aromatic rings. The summed E-state index contributed by atoms with van der Waals surface area (Å²) in [4.78, 5) is 31.6. The Labute approximate surface area is 205 Å². The molecule has 0 rings (SSSR count). The molecule has 0 aromatic carbocycles. The summed E-state index contributed by atoms with van der Waals surface area (Å²) >= 11 is 11.9. The first-order chi connectivity index (χ1) is 12.9. The fourth-order valence-electron chi connectivity index (χ4n) is 1.37. The predicted octanol–water partition coefficient (Wildman–Crippen LogP) is 3.40. The molecule has 0 amide bonds. The maximum Gasteiger partial charge on any atom is 0.305 e. The number of carbonyl (C=O) groups excluding carboxylic acids is 3. The van der Waals surface area contributed by atoms with E-state index in [4.69, 9.17) is 0 Å². The van der Waals surface area contributed by atoms with E-state index in [1.54, 1.807) is 20.8 Å². The zero-order valence-electron chi connectivity index (χ0n) is 17.2. The minimum absolute atomic E-state index is 0. The first kappa shape index (κ1) is 35.8. The molecule has 0 aliphatic rings. The van der Waals surface area contributed by atoms with Gasteiger partial charge >= 0.3 is 17.9 Å². The van der Waals surface area contributed by atoms with Crippen LogP contribution in [0.15, 0.2) is 0 Å². The molecule has 0 aromatic heterocycles. The van der Waals surface area contributed by atoms with Crippen molar-refractivity contribution in [2.45, 2.75) is 59.3 Å².